The van der Waals surface area contributed by atoms with Gasteiger partial charge in [0.15, 0.2) is 0 Å². The summed E-state index contributed by atoms with van der Waals surface area (Å²) in [6.45, 7) is -0.487. The summed E-state index contributed by atoms with van der Waals surface area (Å²) in [5.41, 5.74) is 1.41. The Kier molecular flexibility index (Phi) is 6.52. The first-order chi connectivity index (χ1) is 12.0. The summed E-state index contributed by atoms with van der Waals surface area (Å²) in [4.78, 5) is 41.3. The van der Waals surface area contributed by atoms with Crippen LogP contribution in [0.4, 0.5) is 4.79 Å². The lowest BCUT2D eigenvalue weighted by atomic mass is 10.1. The maximum atomic E-state index is 12.1. The molecular formula is C16H18N4O5. The fraction of sp³-hybridized carbons (Fsp3) is 0.250. The summed E-state index contributed by atoms with van der Waals surface area (Å²) in [7, 11) is 0. The first kappa shape index (κ1) is 18.0. The van der Waals surface area contributed by atoms with Gasteiger partial charge in [0.05, 0.1) is 6.33 Å². The van der Waals surface area contributed by atoms with Crippen molar-refractivity contribution in [2.45, 2.75) is 19.1 Å². The highest BCUT2D eigenvalue weighted by atomic mass is 16.5. The first-order valence-corrected chi connectivity index (χ1v) is 7.48. The number of aromatic amines is 1. The van der Waals surface area contributed by atoms with Gasteiger partial charge in [0.1, 0.15) is 19.2 Å². The number of benzene rings is 1. The van der Waals surface area contributed by atoms with E-state index < -0.39 is 30.6 Å². The number of carboxylic acid groups (broad SMARTS) is 1. The number of hydrogen-bond donors (Lipinski definition) is 4. The first-order valence-electron chi connectivity index (χ1n) is 7.48. The smallest absolute Gasteiger partial charge is 0.408 e. The van der Waals surface area contributed by atoms with Gasteiger partial charge in [0, 0.05) is 18.3 Å². The maximum Gasteiger partial charge on any atom is 0.408 e. The van der Waals surface area contributed by atoms with Gasteiger partial charge < -0.3 is 25.5 Å². The Labute approximate surface area is 143 Å². The van der Waals surface area contributed by atoms with Crippen LogP contribution >= 0.6 is 0 Å². The maximum absolute atomic E-state index is 12.1. The molecular weight excluding hydrogens is 328 g/mol. The molecule has 0 saturated heterocycles. The zero-order valence-corrected chi connectivity index (χ0v) is 13.3. The summed E-state index contributed by atoms with van der Waals surface area (Å²) >= 11 is 0. The van der Waals surface area contributed by atoms with Gasteiger partial charge in [-0.15, -0.1) is 0 Å². The van der Waals surface area contributed by atoms with Crippen LogP contribution in [0, 0.1) is 0 Å². The largest absolute Gasteiger partial charge is 0.480 e. The number of hydrogen-bond acceptors (Lipinski definition) is 5. The van der Waals surface area contributed by atoms with Gasteiger partial charge >= 0.3 is 12.1 Å². The van der Waals surface area contributed by atoms with E-state index in [0.29, 0.717) is 5.69 Å². The quantitative estimate of drug-likeness (QED) is 0.548. The minimum absolute atomic E-state index is 0.0557. The number of aromatic nitrogens is 2. The van der Waals surface area contributed by atoms with Crippen LogP contribution in [0.2, 0.25) is 0 Å². The molecule has 2 aromatic rings. The molecule has 2 rings (SSSR count). The molecule has 25 heavy (non-hydrogen) atoms. The van der Waals surface area contributed by atoms with E-state index in [1.165, 1.54) is 12.5 Å². The number of carboxylic acids is 1. The van der Waals surface area contributed by atoms with Gasteiger partial charge in [-0.1, -0.05) is 30.3 Å². The molecule has 0 unspecified atom stereocenters. The Balaban J connectivity index is 1.92. The predicted molar refractivity (Wildman–Crippen MR) is 86.5 cm³/mol. The Bertz CT molecular complexity index is 703. The molecule has 4 N–H and O–H groups in total. The number of imidazole rings is 1. The molecule has 2 amide bonds. The van der Waals surface area contributed by atoms with Crippen molar-refractivity contribution in [1.29, 1.82) is 0 Å². The van der Waals surface area contributed by atoms with Crippen molar-refractivity contribution in [1.82, 2.24) is 20.6 Å². The molecule has 0 spiro atoms. The zero-order chi connectivity index (χ0) is 18.1. The molecule has 0 aliphatic heterocycles. The number of nitrogens with one attached hydrogen (secondary N) is 3. The minimum atomic E-state index is -1.18. The van der Waals surface area contributed by atoms with Crippen LogP contribution < -0.4 is 10.6 Å². The second kappa shape index (κ2) is 9.06. The van der Waals surface area contributed by atoms with E-state index in [4.69, 9.17) is 9.84 Å². The SMILES string of the molecule is O=C(O)CNC(=O)[C@@H](Cc1cnc[nH]1)NC(=O)OCc1ccccc1. The highest BCUT2D eigenvalue weighted by Gasteiger charge is 2.23. The van der Waals surface area contributed by atoms with Crippen LogP contribution in [0.3, 0.4) is 0 Å². The summed E-state index contributed by atoms with van der Waals surface area (Å²) in [5.74, 6) is -1.81. The minimum Gasteiger partial charge on any atom is -0.480 e. The molecule has 0 aliphatic rings. The van der Waals surface area contributed by atoms with Gasteiger partial charge in [-0.25, -0.2) is 9.78 Å². The van der Waals surface area contributed by atoms with E-state index in [9.17, 15) is 14.4 Å². The number of nitrogens with zero attached hydrogens (tertiary/aromatic N) is 1. The third-order valence-corrected chi connectivity index (χ3v) is 3.21. The van der Waals surface area contributed by atoms with Crippen LogP contribution in [0.15, 0.2) is 42.9 Å². The van der Waals surface area contributed by atoms with Crippen LogP contribution in [-0.2, 0) is 27.4 Å². The standard InChI is InChI=1S/C16H18N4O5/c21-14(22)8-18-15(23)13(6-12-7-17-10-19-12)20-16(24)25-9-11-4-2-1-3-5-11/h1-5,7,10,13H,6,8-9H2,(H,17,19)(H,18,23)(H,20,24)(H,21,22)/t13-/m1/s1. The summed E-state index contributed by atoms with van der Waals surface area (Å²) < 4.78 is 5.08. The van der Waals surface area contributed by atoms with Crippen molar-refractivity contribution in [3.63, 3.8) is 0 Å². The molecule has 0 aliphatic carbocycles. The molecule has 9 nitrogen and oxygen atoms in total. The normalized spacial score (nSPS) is 11.4. The van der Waals surface area contributed by atoms with E-state index in [2.05, 4.69) is 20.6 Å². The number of carbonyl (C=O) groups is 3. The van der Waals surface area contributed by atoms with Gasteiger partial charge in [0.2, 0.25) is 5.91 Å². The Morgan fingerprint density at radius 2 is 2.00 bits per heavy atom. The molecule has 1 heterocycles. The van der Waals surface area contributed by atoms with Crippen molar-refractivity contribution >= 4 is 18.0 Å². The predicted octanol–water partition coefficient (Wildman–Crippen LogP) is 0.448. The highest BCUT2D eigenvalue weighted by molar-refractivity contribution is 5.88. The lowest BCUT2D eigenvalue weighted by Gasteiger charge is -2.17. The van der Waals surface area contributed by atoms with Crippen molar-refractivity contribution in [3.8, 4) is 0 Å². The van der Waals surface area contributed by atoms with Crippen molar-refractivity contribution in [3.05, 3.63) is 54.1 Å². The number of alkyl carbamates (subject to hydrolysis) is 1. The van der Waals surface area contributed by atoms with Gasteiger partial charge in [-0.2, -0.15) is 0 Å². The number of amides is 2. The van der Waals surface area contributed by atoms with E-state index in [1.54, 1.807) is 12.1 Å². The van der Waals surface area contributed by atoms with Crippen molar-refractivity contribution in [2.24, 2.45) is 0 Å². The fourth-order valence-electron chi connectivity index (χ4n) is 2.02. The lowest BCUT2D eigenvalue weighted by molar-refractivity contribution is -0.138. The average molecular weight is 346 g/mol. The van der Waals surface area contributed by atoms with E-state index in [0.717, 1.165) is 5.56 Å². The summed E-state index contributed by atoms with van der Waals surface area (Å²) in [5, 5.41) is 13.3. The average Bonchev–Trinajstić information content (AvgIpc) is 3.11. The molecule has 1 atom stereocenters. The number of carbonyl (C=O) groups excluding carboxylic acids is 2. The fourth-order valence-corrected chi connectivity index (χ4v) is 2.02. The lowest BCUT2D eigenvalue weighted by Crippen LogP contribution is -2.49. The molecule has 0 saturated carbocycles. The molecule has 0 bridgehead atoms. The number of rotatable bonds is 8. The third kappa shape index (κ3) is 6.34. The van der Waals surface area contributed by atoms with Crippen LogP contribution in [0.5, 0.6) is 0 Å². The third-order valence-electron chi connectivity index (χ3n) is 3.21. The van der Waals surface area contributed by atoms with Gasteiger partial charge in [-0.05, 0) is 5.56 Å². The van der Waals surface area contributed by atoms with Gasteiger partial charge in [0.25, 0.3) is 0 Å². The Hall–Kier alpha value is -3.36. The zero-order valence-electron chi connectivity index (χ0n) is 13.3. The molecule has 9 heteroatoms. The molecule has 0 fully saturated rings. The summed E-state index contributed by atoms with van der Waals surface area (Å²) in [6.07, 6.45) is 2.29. The monoisotopic (exact) mass is 346 g/mol. The Morgan fingerprint density at radius 1 is 1.24 bits per heavy atom. The van der Waals surface area contributed by atoms with Crippen molar-refractivity contribution < 1.29 is 24.2 Å². The van der Waals surface area contributed by atoms with Gasteiger partial charge in [-0.3, -0.25) is 9.59 Å². The van der Waals surface area contributed by atoms with Crippen LogP contribution in [0.1, 0.15) is 11.3 Å². The van der Waals surface area contributed by atoms with E-state index >= 15 is 0 Å². The number of ether oxygens (including phenoxy) is 1. The highest BCUT2D eigenvalue weighted by Crippen LogP contribution is 2.03. The number of H-pyrrole nitrogens is 1. The van der Waals surface area contributed by atoms with E-state index in [-0.39, 0.29) is 13.0 Å². The molecule has 0 radical (unpaired) electrons. The van der Waals surface area contributed by atoms with Crippen LogP contribution in [0.25, 0.3) is 0 Å². The topological polar surface area (TPSA) is 133 Å². The summed E-state index contributed by atoms with van der Waals surface area (Å²) in [6, 6.07) is 8.08. The van der Waals surface area contributed by atoms with E-state index in [1.807, 2.05) is 18.2 Å². The molecule has 132 valence electrons. The number of aliphatic carboxylic acids is 1. The van der Waals surface area contributed by atoms with Crippen molar-refractivity contribution in [2.75, 3.05) is 6.54 Å². The molecule has 1 aromatic heterocycles. The Morgan fingerprint density at radius 3 is 2.64 bits per heavy atom. The second-order valence-electron chi connectivity index (χ2n) is 5.15. The second-order valence-corrected chi connectivity index (χ2v) is 5.15. The molecule has 1 aromatic carbocycles. The van der Waals surface area contributed by atoms with Crippen LogP contribution in [-0.4, -0.2) is 45.6 Å².